The zero-order valence-electron chi connectivity index (χ0n) is 13.0. The molecular weight excluding hydrogens is 280 g/mol. The first kappa shape index (κ1) is 16.5. The highest BCUT2D eigenvalue weighted by Gasteiger charge is 2.22. The van der Waals surface area contributed by atoms with Crippen LogP contribution >= 0.6 is 0 Å². The van der Waals surface area contributed by atoms with E-state index >= 15 is 0 Å². The highest BCUT2D eigenvalue weighted by Crippen LogP contribution is 2.15. The first-order chi connectivity index (χ1) is 10.6. The van der Waals surface area contributed by atoms with Crippen LogP contribution in [0.15, 0.2) is 24.3 Å². The molecule has 1 amide bonds. The monoisotopic (exact) mass is 304 g/mol. The molecule has 2 N–H and O–H groups in total. The summed E-state index contributed by atoms with van der Waals surface area (Å²) in [4.78, 5) is 25.8. The first-order valence-corrected chi connectivity index (χ1v) is 7.87. The quantitative estimate of drug-likeness (QED) is 0.809. The molecule has 1 atom stereocenters. The number of likely N-dealkylation sites (tertiary alicyclic amines) is 1. The minimum Gasteiger partial charge on any atom is -0.479 e. The Morgan fingerprint density at radius 2 is 2.05 bits per heavy atom. The maximum atomic E-state index is 12.0. The van der Waals surface area contributed by atoms with Crippen LogP contribution in [0.1, 0.15) is 42.9 Å². The lowest BCUT2D eigenvalue weighted by Gasteiger charge is -2.17. The number of nitrogens with zero attached hydrogens (tertiary/aromatic N) is 1. The van der Waals surface area contributed by atoms with E-state index in [0.29, 0.717) is 12.0 Å². The van der Waals surface area contributed by atoms with Gasteiger partial charge in [-0.15, -0.1) is 0 Å². The topological polar surface area (TPSA) is 69.6 Å². The molecule has 5 heteroatoms. The number of aliphatic carboxylic acids is 1. The van der Waals surface area contributed by atoms with Gasteiger partial charge in [-0.05, 0) is 51.4 Å². The predicted molar refractivity (Wildman–Crippen MR) is 84.6 cm³/mol. The summed E-state index contributed by atoms with van der Waals surface area (Å²) >= 11 is 0. The van der Waals surface area contributed by atoms with E-state index in [1.165, 1.54) is 12.8 Å². The lowest BCUT2D eigenvalue weighted by molar-refractivity contribution is -0.142. The third-order valence-electron chi connectivity index (χ3n) is 4.00. The summed E-state index contributed by atoms with van der Waals surface area (Å²) < 4.78 is 0. The zero-order valence-corrected chi connectivity index (χ0v) is 13.0. The second-order valence-corrected chi connectivity index (χ2v) is 5.91. The molecular formula is C17H24N2O3. The van der Waals surface area contributed by atoms with Gasteiger partial charge in [0.05, 0.1) is 0 Å². The largest absolute Gasteiger partial charge is 0.479 e. The summed E-state index contributed by atoms with van der Waals surface area (Å²) in [5.41, 5.74) is 1.59. The number of rotatable bonds is 7. The number of benzene rings is 1. The summed E-state index contributed by atoms with van der Waals surface area (Å²) in [6, 6.07) is 6.26. The third kappa shape index (κ3) is 4.84. The Labute approximate surface area is 131 Å². The Balaban J connectivity index is 1.84. The van der Waals surface area contributed by atoms with E-state index in [9.17, 15) is 14.7 Å². The van der Waals surface area contributed by atoms with Crippen molar-refractivity contribution in [2.75, 3.05) is 19.6 Å². The summed E-state index contributed by atoms with van der Waals surface area (Å²) in [6.45, 7) is 5.04. The molecule has 0 spiro atoms. The highest BCUT2D eigenvalue weighted by molar-refractivity contribution is 5.84. The number of amides is 1. The van der Waals surface area contributed by atoms with E-state index in [-0.39, 0.29) is 5.91 Å². The molecule has 0 aliphatic carbocycles. The SMILES string of the molecule is Cc1cccc([C@@H](NC(=O)CCCN2CCCC2)C(=O)O)c1. The second kappa shape index (κ2) is 7.94. The van der Waals surface area contributed by atoms with Gasteiger partial charge in [0.2, 0.25) is 5.91 Å². The van der Waals surface area contributed by atoms with Crippen LogP contribution in [0.5, 0.6) is 0 Å². The van der Waals surface area contributed by atoms with E-state index < -0.39 is 12.0 Å². The molecule has 5 nitrogen and oxygen atoms in total. The average Bonchev–Trinajstić information content (AvgIpc) is 2.97. The normalized spacial score (nSPS) is 16.4. The smallest absolute Gasteiger partial charge is 0.330 e. The van der Waals surface area contributed by atoms with Crippen molar-refractivity contribution in [2.45, 2.75) is 38.6 Å². The molecule has 0 saturated carbocycles. The molecule has 1 aromatic carbocycles. The van der Waals surface area contributed by atoms with Crippen molar-refractivity contribution < 1.29 is 14.7 Å². The first-order valence-electron chi connectivity index (χ1n) is 7.87. The van der Waals surface area contributed by atoms with Crippen molar-refractivity contribution in [3.05, 3.63) is 35.4 Å². The maximum Gasteiger partial charge on any atom is 0.330 e. The van der Waals surface area contributed by atoms with E-state index in [2.05, 4.69) is 10.2 Å². The molecule has 22 heavy (non-hydrogen) atoms. The fourth-order valence-corrected chi connectivity index (χ4v) is 2.84. The second-order valence-electron chi connectivity index (χ2n) is 5.91. The fourth-order valence-electron chi connectivity index (χ4n) is 2.84. The predicted octanol–water partition coefficient (Wildman–Crippen LogP) is 2.11. The van der Waals surface area contributed by atoms with Crippen molar-refractivity contribution >= 4 is 11.9 Å². The van der Waals surface area contributed by atoms with Crippen molar-refractivity contribution in [3.8, 4) is 0 Å². The number of carboxylic acids is 1. The minimum absolute atomic E-state index is 0.201. The lowest BCUT2D eigenvalue weighted by atomic mass is 10.0. The summed E-state index contributed by atoms with van der Waals surface area (Å²) in [6.07, 6.45) is 3.61. The van der Waals surface area contributed by atoms with Crippen molar-refractivity contribution in [1.29, 1.82) is 0 Å². The van der Waals surface area contributed by atoms with Crippen molar-refractivity contribution in [3.63, 3.8) is 0 Å². The van der Waals surface area contributed by atoms with Crippen LogP contribution in [-0.2, 0) is 9.59 Å². The molecule has 0 bridgehead atoms. The Morgan fingerprint density at radius 1 is 1.32 bits per heavy atom. The minimum atomic E-state index is -1.03. The van der Waals surface area contributed by atoms with E-state index in [4.69, 9.17) is 0 Å². The zero-order chi connectivity index (χ0) is 15.9. The van der Waals surface area contributed by atoms with Gasteiger partial charge in [-0.25, -0.2) is 4.79 Å². The van der Waals surface area contributed by atoms with Crippen LogP contribution in [0.25, 0.3) is 0 Å². The lowest BCUT2D eigenvalue weighted by Crippen LogP contribution is -2.34. The number of carbonyl (C=O) groups is 2. The molecule has 2 rings (SSSR count). The van der Waals surface area contributed by atoms with Crippen LogP contribution in [0, 0.1) is 6.92 Å². The standard InChI is InChI=1S/C17H24N2O3/c1-13-6-4-7-14(12-13)16(17(21)22)18-15(20)8-5-11-19-9-2-3-10-19/h4,6-7,12,16H,2-3,5,8-11H2,1H3,(H,18,20)(H,21,22)/t16-/m1/s1. The molecule has 1 aliphatic rings. The van der Waals surface area contributed by atoms with Crippen LogP contribution in [0.4, 0.5) is 0 Å². The average molecular weight is 304 g/mol. The molecule has 1 aliphatic heterocycles. The van der Waals surface area contributed by atoms with Crippen LogP contribution in [0.3, 0.4) is 0 Å². The molecule has 1 fully saturated rings. The maximum absolute atomic E-state index is 12.0. The molecule has 120 valence electrons. The molecule has 1 heterocycles. The molecule has 1 saturated heterocycles. The number of nitrogens with one attached hydrogen (secondary N) is 1. The summed E-state index contributed by atoms with van der Waals surface area (Å²) in [7, 11) is 0. The van der Waals surface area contributed by atoms with Crippen molar-refractivity contribution in [1.82, 2.24) is 10.2 Å². The van der Waals surface area contributed by atoms with Crippen LogP contribution in [-0.4, -0.2) is 41.5 Å². The number of hydrogen-bond acceptors (Lipinski definition) is 3. The number of carboxylic acid groups (broad SMARTS) is 1. The van der Waals surface area contributed by atoms with Crippen molar-refractivity contribution in [2.24, 2.45) is 0 Å². The fraction of sp³-hybridized carbons (Fsp3) is 0.529. The van der Waals surface area contributed by atoms with Crippen LogP contribution < -0.4 is 5.32 Å². The van der Waals surface area contributed by atoms with Gasteiger partial charge in [-0.1, -0.05) is 29.8 Å². The molecule has 0 radical (unpaired) electrons. The number of hydrogen-bond donors (Lipinski definition) is 2. The van der Waals surface area contributed by atoms with Gasteiger partial charge in [-0.3, -0.25) is 4.79 Å². The summed E-state index contributed by atoms with van der Waals surface area (Å²) in [5, 5.41) is 12.0. The number of carbonyl (C=O) groups excluding carboxylic acids is 1. The van der Waals surface area contributed by atoms with Gasteiger partial charge in [0.25, 0.3) is 0 Å². The number of aryl methyl sites for hydroxylation is 1. The highest BCUT2D eigenvalue weighted by atomic mass is 16.4. The van der Waals surface area contributed by atoms with Gasteiger partial charge in [0.15, 0.2) is 6.04 Å². The molecule has 0 unspecified atom stereocenters. The van der Waals surface area contributed by atoms with E-state index in [1.807, 2.05) is 13.0 Å². The summed E-state index contributed by atoms with van der Waals surface area (Å²) in [5.74, 6) is -1.23. The Bertz CT molecular complexity index is 524. The van der Waals surface area contributed by atoms with Gasteiger partial charge < -0.3 is 15.3 Å². The Kier molecular flexibility index (Phi) is 5.95. The van der Waals surface area contributed by atoms with E-state index in [0.717, 1.165) is 31.6 Å². The van der Waals surface area contributed by atoms with Gasteiger partial charge in [0, 0.05) is 6.42 Å². The van der Waals surface area contributed by atoms with Crippen LogP contribution in [0.2, 0.25) is 0 Å². The molecule has 0 aromatic heterocycles. The van der Waals surface area contributed by atoms with Gasteiger partial charge >= 0.3 is 5.97 Å². The van der Waals surface area contributed by atoms with E-state index in [1.54, 1.807) is 18.2 Å². The Morgan fingerprint density at radius 3 is 2.68 bits per heavy atom. The van der Waals surface area contributed by atoms with Gasteiger partial charge in [0.1, 0.15) is 0 Å². The molecule has 1 aromatic rings. The third-order valence-corrected chi connectivity index (χ3v) is 4.00. The Hall–Kier alpha value is -1.88. The van der Waals surface area contributed by atoms with Gasteiger partial charge in [-0.2, -0.15) is 0 Å².